The monoisotopic (exact) mass is 316 g/mol. The van der Waals surface area contributed by atoms with Gasteiger partial charge in [0, 0.05) is 0 Å². The Kier molecular flexibility index (Phi) is 4.72. The van der Waals surface area contributed by atoms with Crippen molar-refractivity contribution >= 4 is 22.7 Å². The predicted octanol–water partition coefficient (Wildman–Crippen LogP) is 6.53. The zero-order chi connectivity index (χ0) is 16.8. The first-order valence-corrected chi connectivity index (χ1v) is 7.49. The lowest BCUT2D eigenvalue weighted by atomic mass is 10.2. The van der Waals surface area contributed by atoms with Crippen LogP contribution in [0.1, 0.15) is 5.56 Å². The molecule has 0 aliphatic heterocycles. The molecule has 0 saturated carbocycles. The van der Waals surface area contributed by atoms with Gasteiger partial charge in [0.2, 0.25) is 0 Å². The number of hydrogen-bond acceptors (Lipinski definition) is 5. The molecule has 0 aliphatic carbocycles. The van der Waals surface area contributed by atoms with Gasteiger partial charge in [-0.05, 0) is 67.1 Å². The highest BCUT2D eigenvalue weighted by Crippen LogP contribution is 2.25. The molecule has 3 aromatic rings. The van der Waals surface area contributed by atoms with Crippen LogP contribution in [0.5, 0.6) is 5.75 Å². The summed E-state index contributed by atoms with van der Waals surface area (Å²) >= 11 is 0. The fourth-order valence-electron chi connectivity index (χ4n) is 2.01. The van der Waals surface area contributed by atoms with Gasteiger partial charge < -0.3 is 5.11 Å². The molecule has 0 bridgehead atoms. The van der Waals surface area contributed by atoms with Crippen LogP contribution in [-0.4, -0.2) is 5.11 Å². The first-order valence-electron chi connectivity index (χ1n) is 7.49. The highest BCUT2D eigenvalue weighted by atomic mass is 16.3. The zero-order valence-electron chi connectivity index (χ0n) is 13.2. The summed E-state index contributed by atoms with van der Waals surface area (Å²) in [6.07, 6.45) is 0. The standard InChI is InChI=1S/C19H16N4O/c1-14-13-18(11-12-19(14)24)23-22-17-9-7-16(8-10-17)21-20-15-5-3-2-4-6-15/h2-13,24H,1H3/b21-20+,23-22+. The van der Waals surface area contributed by atoms with Crippen molar-refractivity contribution < 1.29 is 5.11 Å². The van der Waals surface area contributed by atoms with E-state index in [0.717, 1.165) is 22.6 Å². The van der Waals surface area contributed by atoms with E-state index in [2.05, 4.69) is 20.5 Å². The maximum absolute atomic E-state index is 9.50. The third kappa shape index (κ3) is 4.10. The van der Waals surface area contributed by atoms with E-state index < -0.39 is 0 Å². The molecule has 5 nitrogen and oxygen atoms in total. The van der Waals surface area contributed by atoms with Crippen LogP contribution in [0, 0.1) is 6.92 Å². The van der Waals surface area contributed by atoms with Gasteiger partial charge >= 0.3 is 0 Å². The summed E-state index contributed by atoms with van der Waals surface area (Å²) < 4.78 is 0. The number of phenols is 1. The molecule has 1 N–H and O–H groups in total. The van der Waals surface area contributed by atoms with E-state index >= 15 is 0 Å². The van der Waals surface area contributed by atoms with Crippen LogP contribution < -0.4 is 0 Å². The summed E-state index contributed by atoms with van der Waals surface area (Å²) in [5.74, 6) is 0.252. The molecule has 24 heavy (non-hydrogen) atoms. The Balaban J connectivity index is 1.69. The molecule has 0 fully saturated rings. The Morgan fingerprint density at radius 1 is 0.583 bits per heavy atom. The minimum atomic E-state index is 0.252. The summed E-state index contributed by atoms with van der Waals surface area (Å²) in [6, 6.07) is 22.0. The van der Waals surface area contributed by atoms with Gasteiger partial charge in [-0.1, -0.05) is 18.2 Å². The Bertz CT molecular complexity index is 872. The van der Waals surface area contributed by atoms with Crippen LogP contribution in [0.2, 0.25) is 0 Å². The van der Waals surface area contributed by atoms with Gasteiger partial charge in [0.25, 0.3) is 0 Å². The Labute approximate surface area is 140 Å². The average Bonchev–Trinajstić information content (AvgIpc) is 2.63. The molecule has 0 aliphatic rings. The van der Waals surface area contributed by atoms with Crippen LogP contribution in [-0.2, 0) is 0 Å². The number of phenolic OH excluding ortho intramolecular Hbond substituents is 1. The third-order valence-corrected chi connectivity index (χ3v) is 3.35. The molecule has 0 atom stereocenters. The second-order valence-electron chi connectivity index (χ2n) is 5.22. The molecule has 0 spiro atoms. The Hall–Kier alpha value is -3.34. The van der Waals surface area contributed by atoms with Crippen molar-refractivity contribution in [1.82, 2.24) is 0 Å². The molecular formula is C19H16N4O. The molecular weight excluding hydrogens is 300 g/mol. The second kappa shape index (κ2) is 7.28. The van der Waals surface area contributed by atoms with E-state index in [9.17, 15) is 5.11 Å². The number of azo groups is 2. The fraction of sp³-hybridized carbons (Fsp3) is 0.0526. The van der Waals surface area contributed by atoms with Crippen LogP contribution in [0.25, 0.3) is 0 Å². The van der Waals surface area contributed by atoms with Gasteiger partial charge in [-0.3, -0.25) is 0 Å². The fourth-order valence-corrected chi connectivity index (χ4v) is 2.01. The topological polar surface area (TPSA) is 69.7 Å². The van der Waals surface area contributed by atoms with E-state index in [0.29, 0.717) is 5.69 Å². The lowest BCUT2D eigenvalue weighted by Gasteiger charge is -1.99. The van der Waals surface area contributed by atoms with E-state index in [1.54, 1.807) is 18.2 Å². The SMILES string of the molecule is Cc1cc(/N=N/c2ccc(/N=N/c3ccccc3)cc2)ccc1O. The number of aryl methyl sites for hydroxylation is 1. The summed E-state index contributed by atoms with van der Waals surface area (Å²) in [6.45, 7) is 1.82. The maximum atomic E-state index is 9.50. The lowest BCUT2D eigenvalue weighted by Crippen LogP contribution is -1.72. The normalized spacial score (nSPS) is 11.4. The van der Waals surface area contributed by atoms with E-state index in [1.807, 2.05) is 61.5 Å². The predicted molar refractivity (Wildman–Crippen MR) is 94.1 cm³/mol. The first-order chi connectivity index (χ1) is 11.7. The molecule has 0 aromatic heterocycles. The molecule has 3 rings (SSSR count). The van der Waals surface area contributed by atoms with Crippen LogP contribution in [0.3, 0.4) is 0 Å². The zero-order valence-corrected chi connectivity index (χ0v) is 13.2. The van der Waals surface area contributed by atoms with Gasteiger partial charge in [0.05, 0.1) is 22.7 Å². The molecule has 0 unspecified atom stereocenters. The van der Waals surface area contributed by atoms with Crippen molar-refractivity contribution in [3.8, 4) is 5.75 Å². The summed E-state index contributed by atoms with van der Waals surface area (Å²) in [4.78, 5) is 0. The molecule has 0 amide bonds. The largest absolute Gasteiger partial charge is 0.508 e. The maximum Gasteiger partial charge on any atom is 0.118 e. The van der Waals surface area contributed by atoms with Crippen LogP contribution in [0.15, 0.2) is 93.3 Å². The molecule has 3 aromatic carbocycles. The van der Waals surface area contributed by atoms with Gasteiger partial charge in [-0.15, -0.1) is 0 Å². The van der Waals surface area contributed by atoms with Crippen molar-refractivity contribution in [3.63, 3.8) is 0 Å². The van der Waals surface area contributed by atoms with Crippen LogP contribution in [0.4, 0.5) is 22.7 Å². The summed E-state index contributed by atoms with van der Waals surface area (Å²) in [5, 5.41) is 26.2. The molecule has 5 heteroatoms. The van der Waals surface area contributed by atoms with Gasteiger partial charge in [0.1, 0.15) is 5.75 Å². The minimum absolute atomic E-state index is 0.252. The second-order valence-corrected chi connectivity index (χ2v) is 5.22. The summed E-state index contributed by atoms with van der Waals surface area (Å²) in [5.41, 5.74) is 3.74. The highest BCUT2D eigenvalue weighted by Gasteiger charge is 1.97. The van der Waals surface area contributed by atoms with E-state index in [-0.39, 0.29) is 5.75 Å². The average molecular weight is 316 g/mol. The van der Waals surface area contributed by atoms with E-state index in [4.69, 9.17) is 0 Å². The minimum Gasteiger partial charge on any atom is -0.508 e. The van der Waals surface area contributed by atoms with E-state index in [1.165, 1.54) is 0 Å². The molecule has 0 saturated heterocycles. The summed E-state index contributed by atoms with van der Waals surface area (Å²) in [7, 11) is 0. The van der Waals surface area contributed by atoms with Gasteiger partial charge in [-0.25, -0.2) is 0 Å². The lowest BCUT2D eigenvalue weighted by molar-refractivity contribution is 0.471. The van der Waals surface area contributed by atoms with Crippen molar-refractivity contribution in [2.75, 3.05) is 0 Å². The first kappa shape index (κ1) is 15.6. The Morgan fingerprint density at radius 2 is 1.04 bits per heavy atom. The highest BCUT2D eigenvalue weighted by molar-refractivity contribution is 5.49. The Morgan fingerprint density at radius 3 is 1.58 bits per heavy atom. The quantitative estimate of drug-likeness (QED) is 0.546. The molecule has 0 heterocycles. The number of rotatable bonds is 4. The van der Waals surface area contributed by atoms with Crippen molar-refractivity contribution in [3.05, 3.63) is 78.4 Å². The number of benzene rings is 3. The van der Waals surface area contributed by atoms with Crippen LogP contribution >= 0.6 is 0 Å². The number of hydrogen-bond donors (Lipinski definition) is 1. The van der Waals surface area contributed by atoms with Crippen molar-refractivity contribution in [2.45, 2.75) is 6.92 Å². The van der Waals surface area contributed by atoms with Gasteiger partial charge in [0.15, 0.2) is 0 Å². The van der Waals surface area contributed by atoms with Crippen molar-refractivity contribution in [2.24, 2.45) is 20.5 Å². The number of aromatic hydroxyl groups is 1. The third-order valence-electron chi connectivity index (χ3n) is 3.35. The van der Waals surface area contributed by atoms with Crippen molar-refractivity contribution in [1.29, 1.82) is 0 Å². The smallest absolute Gasteiger partial charge is 0.118 e. The molecule has 0 radical (unpaired) electrons. The number of nitrogens with zero attached hydrogens (tertiary/aromatic N) is 4. The molecule has 118 valence electrons. The van der Waals surface area contributed by atoms with Gasteiger partial charge in [-0.2, -0.15) is 20.5 Å².